The summed E-state index contributed by atoms with van der Waals surface area (Å²) in [5.41, 5.74) is 6.40. The van der Waals surface area contributed by atoms with Crippen LogP contribution < -0.4 is 11.1 Å². The van der Waals surface area contributed by atoms with Gasteiger partial charge in [0, 0.05) is 6.42 Å². The number of nitrogens with zero attached hydrogens (tertiary/aromatic N) is 1. The molecule has 0 heterocycles. The number of nitrogens with one attached hydrogen (secondary N) is 1. The van der Waals surface area contributed by atoms with Crippen LogP contribution in [0.2, 0.25) is 0 Å². The van der Waals surface area contributed by atoms with Crippen molar-refractivity contribution in [1.82, 2.24) is 5.32 Å². The van der Waals surface area contributed by atoms with Crippen LogP contribution in [0.15, 0.2) is 35.5 Å². The van der Waals surface area contributed by atoms with Gasteiger partial charge in [-0.25, -0.2) is 0 Å². The van der Waals surface area contributed by atoms with E-state index in [1.807, 2.05) is 37.3 Å². The number of benzene rings is 1. The summed E-state index contributed by atoms with van der Waals surface area (Å²) in [7, 11) is 0. The summed E-state index contributed by atoms with van der Waals surface area (Å²) >= 11 is 0. The van der Waals surface area contributed by atoms with Crippen LogP contribution in [0, 0.1) is 0 Å². The van der Waals surface area contributed by atoms with Crippen LogP contribution >= 0.6 is 0 Å². The lowest BCUT2D eigenvalue weighted by molar-refractivity contribution is -0.121. The molecule has 1 amide bonds. The van der Waals surface area contributed by atoms with E-state index in [-0.39, 0.29) is 11.7 Å². The Balaban J connectivity index is 2.78. The molecule has 98 valence electrons. The fourth-order valence-corrected chi connectivity index (χ4v) is 1.60. The Bertz CT molecular complexity index is 404. The van der Waals surface area contributed by atoms with Gasteiger partial charge in [-0.05, 0) is 12.0 Å². The average molecular weight is 249 g/mol. The van der Waals surface area contributed by atoms with Crippen molar-refractivity contribution < 1.29 is 10.0 Å². The van der Waals surface area contributed by atoms with Crippen molar-refractivity contribution in [3.63, 3.8) is 0 Å². The highest BCUT2D eigenvalue weighted by atomic mass is 16.4. The van der Waals surface area contributed by atoms with E-state index in [9.17, 15) is 4.79 Å². The quantitative estimate of drug-likeness (QED) is 0.311. The predicted molar refractivity (Wildman–Crippen MR) is 70.3 cm³/mol. The van der Waals surface area contributed by atoms with Crippen molar-refractivity contribution in [2.45, 2.75) is 32.2 Å². The fraction of sp³-hybridized carbons (Fsp3) is 0.385. The van der Waals surface area contributed by atoms with Crippen LogP contribution in [0.3, 0.4) is 0 Å². The summed E-state index contributed by atoms with van der Waals surface area (Å²) in [4.78, 5) is 11.7. The van der Waals surface area contributed by atoms with Crippen LogP contribution in [-0.4, -0.2) is 17.0 Å². The van der Waals surface area contributed by atoms with Gasteiger partial charge < -0.3 is 16.3 Å². The average Bonchev–Trinajstić information content (AvgIpc) is 2.42. The molecule has 0 aliphatic heterocycles. The molecule has 0 bridgehead atoms. The van der Waals surface area contributed by atoms with Crippen molar-refractivity contribution >= 4 is 11.7 Å². The van der Waals surface area contributed by atoms with Gasteiger partial charge in [-0.15, -0.1) is 0 Å². The highest BCUT2D eigenvalue weighted by molar-refractivity contribution is 5.90. The van der Waals surface area contributed by atoms with Crippen LogP contribution in [0.1, 0.15) is 37.8 Å². The first-order valence-corrected chi connectivity index (χ1v) is 6.00. The second-order valence-electron chi connectivity index (χ2n) is 4.04. The van der Waals surface area contributed by atoms with Crippen LogP contribution in [0.25, 0.3) is 0 Å². The minimum absolute atomic E-state index is 0.0222. The van der Waals surface area contributed by atoms with E-state index in [1.54, 1.807) is 0 Å². The second-order valence-corrected chi connectivity index (χ2v) is 4.04. The van der Waals surface area contributed by atoms with Crippen LogP contribution in [-0.2, 0) is 4.79 Å². The fourth-order valence-electron chi connectivity index (χ4n) is 1.60. The van der Waals surface area contributed by atoms with E-state index in [4.69, 9.17) is 10.9 Å². The molecule has 1 unspecified atom stereocenters. The summed E-state index contributed by atoms with van der Waals surface area (Å²) in [6.07, 6.45) is 2.22. The number of hydrogen-bond acceptors (Lipinski definition) is 3. The maximum Gasteiger partial charge on any atom is 0.220 e. The lowest BCUT2D eigenvalue weighted by atomic mass is 10.1. The first-order chi connectivity index (χ1) is 8.69. The largest absolute Gasteiger partial charge is 0.409 e. The lowest BCUT2D eigenvalue weighted by Gasteiger charge is -2.17. The van der Waals surface area contributed by atoms with Gasteiger partial charge in [0.1, 0.15) is 6.04 Å². The third-order valence-electron chi connectivity index (χ3n) is 2.61. The third kappa shape index (κ3) is 4.08. The number of carbonyl (C=O) groups is 1. The molecular weight excluding hydrogens is 230 g/mol. The van der Waals surface area contributed by atoms with Gasteiger partial charge in [0.15, 0.2) is 5.84 Å². The number of hydrogen-bond donors (Lipinski definition) is 3. The molecule has 18 heavy (non-hydrogen) atoms. The van der Waals surface area contributed by atoms with Crippen molar-refractivity contribution in [3.05, 3.63) is 35.9 Å². The number of rotatable bonds is 6. The Morgan fingerprint density at radius 1 is 1.44 bits per heavy atom. The molecule has 5 nitrogen and oxygen atoms in total. The highest BCUT2D eigenvalue weighted by Crippen LogP contribution is 2.13. The summed E-state index contributed by atoms with van der Waals surface area (Å²) < 4.78 is 0. The van der Waals surface area contributed by atoms with Crippen LogP contribution in [0.4, 0.5) is 0 Å². The molecule has 0 saturated carbocycles. The Labute approximate surface area is 107 Å². The van der Waals surface area contributed by atoms with E-state index in [0.29, 0.717) is 6.42 Å². The smallest absolute Gasteiger partial charge is 0.220 e. The van der Waals surface area contributed by atoms with Gasteiger partial charge in [-0.3, -0.25) is 4.79 Å². The summed E-state index contributed by atoms with van der Waals surface area (Å²) in [6.45, 7) is 2.02. The molecule has 0 radical (unpaired) electrons. The number of nitrogens with two attached hydrogens (primary N) is 1. The Hall–Kier alpha value is -2.04. The standard InChI is InChI=1S/C13H19N3O2/c1-2-3-9-11(17)15-12(13(14)16-18)10-7-5-4-6-8-10/h4-8,12,18H,2-3,9H2,1H3,(H2,14,16)(H,15,17). The van der Waals surface area contributed by atoms with E-state index in [2.05, 4.69) is 10.5 Å². The Morgan fingerprint density at radius 3 is 2.67 bits per heavy atom. The van der Waals surface area contributed by atoms with Gasteiger partial charge in [0.25, 0.3) is 0 Å². The summed E-state index contributed by atoms with van der Waals surface area (Å²) in [5, 5.41) is 14.5. The zero-order valence-corrected chi connectivity index (χ0v) is 10.5. The first kappa shape index (κ1) is 14.0. The van der Waals surface area contributed by atoms with Crippen molar-refractivity contribution in [2.24, 2.45) is 10.9 Å². The van der Waals surface area contributed by atoms with Crippen molar-refractivity contribution in [1.29, 1.82) is 0 Å². The van der Waals surface area contributed by atoms with Crippen LogP contribution in [0.5, 0.6) is 0 Å². The molecule has 1 atom stereocenters. The van der Waals surface area contributed by atoms with E-state index >= 15 is 0 Å². The van der Waals surface area contributed by atoms with E-state index in [0.717, 1.165) is 18.4 Å². The lowest BCUT2D eigenvalue weighted by Crippen LogP contribution is -2.37. The molecule has 0 spiro atoms. The zero-order chi connectivity index (χ0) is 13.4. The molecule has 0 aliphatic carbocycles. The topological polar surface area (TPSA) is 87.7 Å². The molecule has 4 N–H and O–H groups in total. The minimum atomic E-state index is -0.583. The Kier molecular flexibility index (Phi) is 5.70. The second kappa shape index (κ2) is 7.32. The molecule has 1 rings (SSSR count). The minimum Gasteiger partial charge on any atom is -0.409 e. The van der Waals surface area contributed by atoms with Gasteiger partial charge in [-0.2, -0.15) is 0 Å². The normalized spacial score (nSPS) is 13.1. The maximum absolute atomic E-state index is 11.7. The van der Waals surface area contributed by atoms with E-state index < -0.39 is 6.04 Å². The molecular formula is C13H19N3O2. The van der Waals surface area contributed by atoms with E-state index in [1.165, 1.54) is 0 Å². The molecule has 1 aromatic rings. The molecule has 0 aliphatic rings. The number of unbranched alkanes of at least 4 members (excludes halogenated alkanes) is 1. The molecule has 0 saturated heterocycles. The van der Waals surface area contributed by atoms with Crippen molar-refractivity contribution in [3.8, 4) is 0 Å². The van der Waals surface area contributed by atoms with Gasteiger partial charge >= 0.3 is 0 Å². The summed E-state index contributed by atoms with van der Waals surface area (Å²) in [6, 6.07) is 8.61. The first-order valence-electron chi connectivity index (χ1n) is 6.00. The number of amides is 1. The molecule has 0 aromatic heterocycles. The third-order valence-corrected chi connectivity index (χ3v) is 2.61. The predicted octanol–water partition coefficient (Wildman–Crippen LogP) is 1.78. The monoisotopic (exact) mass is 249 g/mol. The SMILES string of the molecule is CCCCC(=O)NC(/C(N)=N/O)c1ccccc1. The van der Waals surface area contributed by atoms with Gasteiger partial charge in [0.05, 0.1) is 0 Å². The number of oxime groups is 1. The summed E-state index contributed by atoms with van der Waals surface area (Å²) in [5.74, 6) is -0.122. The van der Waals surface area contributed by atoms with Gasteiger partial charge in [0.2, 0.25) is 5.91 Å². The molecule has 5 heteroatoms. The number of carbonyl (C=O) groups excluding carboxylic acids is 1. The zero-order valence-electron chi connectivity index (χ0n) is 10.5. The highest BCUT2D eigenvalue weighted by Gasteiger charge is 2.18. The van der Waals surface area contributed by atoms with Gasteiger partial charge in [-0.1, -0.05) is 48.8 Å². The molecule has 0 fully saturated rings. The number of amidine groups is 1. The Morgan fingerprint density at radius 2 is 2.11 bits per heavy atom. The maximum atomic E-state index is 11.7. The van der Waals surface area contributed by atoms with Crippen molar-refractivity contribution in [2.75, 3.05) is 0 Å². The molecule has 1 aromatic carbocycles.